The van der Waals surface area contributed by atoms with Gasteiger partial charge in [0.2, 0.25) is 5.91 Å². The highest BCUT2D eigenvalue weighted by Crippen LogP contribution is 2.15. The minimum atomic E-state index is -0.634. The first kappa shape index (κ1) is 17.7. The minimum Gasteiger partial charge on any atom is -0.489 e. The fraction of sp³-hybridized carbons (Fsp3) is 0.263. The van der Waals surface area contributed by atoms with Gasteiger partial charge in [0.05, 0.1) is 12.1 Å². The van der Waals surface area contributed by atoms with Crippen LogP contribution < -0.4 is 10.1 Å². The van der Waals surface area contributed by atoms with E-state index in [0.717, 1.165) is 16.9 Å². The first-order valence-electron chi connectivity index (χ1n) is 7.71. The Bertz CT molecular complexity index is 680. The monoisotopic (exact) mass is 326 g/mol. The van der Waals surface area contributed by atoms with E-state index in [0.29, 0.717) is 6.61 Å². The lowest BCUT2D eigenvalue weighted by atomic mass is 10.1. The first-order valence-corrected chi connectivity index (χ1v) is 7.71. The van der Waals surface area contributed by atoms with E-state index in [-0.39, 0.29) is 12.5 Å². The first-order chi connectivity index (χ1) is 11.5. The molecule has 0 atom stereocenters. The van der Waals surface area contributed by atoms with Crippen molar-refractivity contribution in [3.63, 3.8) is 0 Å². The van der Waals surface area contributed by atoms with Crippen LogP contribution in [0, 0.1) is 0 Å². The molecule has 1 aromatic carbocycles. The van der Waals surface area contributed by atoms with Crippen LogP contribution in [-0.2, 0) is 11.4 Å². The van der Waals surface area contributed by atoms with Crippen LogP contribution >= 0.6 is 0 Å². The molecule has 1 aromatic heterocycles. The maximum absolute atomic E-state index is 11.8. The number of hydrogen-bond donors (Lipinski definition) is 2. The maximum Gasteiger partial charge on any atom is 0.244 e. The Balaban J connectivity index is 1.87. The van der Waals surface area contributed by atoms with Crippen LogP contribution in [0.4, 0.5) is 0 Å². The number of nitrogens with one attached hydrogen (secondary N) is 1. The summed E-state index contributed by atoms with van der Waals surface area (Å²) in [6.45, 7) is 3.86. The van der Waals surface area contributed by atoms with E-state index in [1.165, 1.54) is 6.08 Å². The second-order valence-corrected chi connectivity index (χ2v) is 6.08. The molecule has 5 nitrogen and oxygen atoms in total. The van der Waals surface area contributed by atoms with E-state index < -0.39 is 5.54 Å². The second kappa shape index (κ2) is 8.26. The van der Waals surface area contributed by atoms with Crippen molar-refractivity contribution in [2.45, 2.75) is 26.0 Å². The van der Waals surface area contributed by atoms with Crippen LogP contribution in [0.25, 0.3) is 6.08 Å². The zero-order valence-electron chi connectivity index (χ0n) is 13.9. The summed E-state index contributed by atoms with van der Waals surface area (Å²) in [7, 11) is 0. The summed E-state index contributed by atoms with van der Waals surface area (Å²) >= 11 is 0. The Labute approximate surface area is 142 Å². The van der Waals surface area contributed by atoms with Gasteiger partial charge in [-0.25, -0.2) is 0 Å². The number of hydrogen-bond acceptors (Lipinski definition) is 4. The van der Waals surface area contributed by atoms with Gasteiger partial charge in [-0.1, -0.05) is 18.2 Å². The number of benzene rings is 1. The summed E-state index contributed by atoms with van der Waals surface area (Å²) in [4.78, 5) is 15.8. The standard InChI is InChI=1S/C19H22N2O3/c1-19(2,14-22)21-18(23)10-7-15-5-8-17(9-6-15)24-13-16-4-3-11-20-12-16/h3-12,22H,13-14H2,1-2H3,(H,21,23)/b10-7+. The third-order valence-corrected chi connectivity index (χ3v) is 3.29. The van der Waals surface area contributed by atoms with Crippen molar-refractivity contribution in [1.82, 2.24) is 10.3 Å². The molecule has 0 saturated heterocycles. The molecule has 0 saturated carbocycles. The quantitative estimate of drug-likeness (QED) is 0.767. The molecule has 0 bridgehead atoms. The lowest BCUT2D eigenvalue weighted by molar-refractivity contribution is -0.118. The van der Waals surface area contributed by atoms with E-state index in [2.05, 4.69) is 10.3 Å². The largest absolute Gasteiger partial charge is 0.489 e. The van der Waals surface area contributed by atoms with Gasteiger partial charge in [0.1, 0.15) is 12.4 Å². The molecule has 2 rings (SSSR count). The highest BCUT2D eigenvalue weighted by Gasteiger charge is 2.17. The summed E-state index contributed by atoms with van der Waals surface area (Å²) in [5.41, 5.74) is 1.26. The van der Waals surface area contributed by atoms with Crippen LogP contribution in [0.2, 0.25) is 0 Å². The van der Waals surface area contributed by atoms with Crippen LogP contribution in [0.1, 0.15) is 25.0 Å². The Hall–Kier alpha value is -2.66. The lowest BCUT2D eigenvalue weighted by Gasteiger charge is -2.22. The van der Waals surface area contributed by atoms with Crippen LogP contribution in [0.3, 0.4) is 0 Å². The zero-order valence-corrected chi connectivity index (χ0v) is 13.9. The van der Waals surface area contributed by atoms with Crippen LogP contribution in [-0.4, -0.2) is 28.1 Å². The van der Waals surface area contributed by atoms with Crippen molar-refractivity contribution in [2.24, 2.45) is 0 Å². The van der Waals surface area contributed by atoms with Crippen molar-refractivity contribution in [1.29, 1.82) is 0 Å². The molecule has 0 fully saturated rings. The number of aromatic nitrogens is 1. The van der Waals surface area contributed by atoms with Gasteiger partial charge in [0.15, 0.2) is 0 Å². The van der Waals surface area contributed by atoms with Gasteiger partial charge in [-0.15, -0.1) is 0 Å². The number of amides is 1. The Morgan fingerprint density at radius 2 is 2.04 bits per heavy atom. The predicted octanol–water partition coefficient (Wildman–Crippen LogP) is 2.56. The van der Waals surface area contributed by atoms with Crippen molar-refractivity contribution < 1.29 is 14.6 Å². The fourth-order valence-electron chi connectivity index (χ4n) is 1.91. The van der Waals surface area contributed by atoms with E-state index >= 15 is 0 Å². The molecule has 0 spiro atoms. The van der Waals surface area contributed by atoms with Crippen LogP contribution in [0.5, 0.6) is 5.75 Å². The Kier molecular flexibility index (Phi) is 6.09. The predicted molar refractivity (Wildman–Crippen MR) is 93.4 cm³/mol. The van der Waals surface area contributed by atoms with E-state index in [1.54, 1.807) is 32.3 Å². The number of rotatable bonds is 7. The Morgan fingerprint density at radius 3 is 2.67 bits per heavy atom. The number of carbonyl (C=O) groups is 1. The lowest BCUT2D eigenvalue weighted by Crippen LogP contribution is -2.45. The van der Waals surface area contributed by atoms with Crippen LogP contribution in [0.15, 0.2) is 54.9 Å². The number of nitrogens with zero attached hydrogens (tertiary/aromatic N) is 1. The summed E-state index contributed by atoms with van der Waals surface area (Å²) in [6, 6.07) is 11.3. The average molecular weight is 326 g/mol. The van der Waals surface area contributed by atoms with E-state index in [4.69, 9.17) is 9.84 Å². The Morgan fingerprint density at radius 1 is 1.29 bits per heavy atom. The molecular formula is C19H22N2O3. The van der Waals surface area contributed by atoms with Gasteiger partial charge in [0.25, 0.3) is 0 Å². The molecule has 1 amide bonds. The molecule has 2 N–H and O–H groups in total. The van der Waals surface area contributed by atoms with Crippen molar-refractivity contribution in [2.75, 3.05) is 6.61 Å². The summed E-state index contributed by atoms with van der Waals surface area (Å²) in [5.74, 6) is 0.507. The maximum atomic E-state index is 11.8. The average Bonchev–Trinajstić information content (AvgIpc) is 2.59. The summed E-state index contributed by atoms with van der Waals surface area (Å²) < 4.78 is 5.68. The number of aliphatic hydroxyl groups excluding tert-OH is 1. The number of carbonyl (C=O) groups excluding carboxylic acids is 1. The molecule has 1 heterocycles. The van der Waals surface area contributed by atoms with Gasteiger partial charge >= 0.3 is 0 Å². The highest BCUT2D eigenvalue weighted by atomic mass is 16.5. The topological polar surface area (TPSA) is 71.5 Å². The molecule has 126 valence electrons. The van der Waals surface area contributed by atoms with Gasteiger partial charge in [-0.3, -0.25) is 9.78 Å². The summed E-state index contributed by atoms with van der Waals surface area (Å²) in [5, 5.41) is 11.9. The van der Waals surface area contributed by atoms with Crippen molar-refractivity contribution in [3.8, 4) is 5.75 Å². The third kappa shape index (κ3) is 5.85. The molecule has 2 aromatic rings. The van der Waals surface area contributed by atoms with Gasteiger partial charge in [-0.05, 0) is 43.7 Å². The summed E-state index contributed by atoms with van der Waals surface area (Å²) in [6.07, 6.45) is 6.66. The molecule has 0 aliphatic rings. The third-order valence-electron chi connectivity index (χ3n) is 3.29. The number of pyridine rings is 1. The molecule has 0 aliphatic carbocycles. The molecule has 0 unspecified atom stereocenters. The number of ether oxygens (including phenoxy) is 1. The molecule has 0 radical (unpaired) electrons. The number of aliphatic hydroxyl groups is 1. The normalized spacial score (nSPS) is 11.5. The second-order valence-electron chi connectivity index (χ2n) is 6.08. The molecule has 5 heteroatoms. The zero-order chi connectivity index (χ0) is 17.4. The SMILES string of the molecule is CC(C)(CO)NC(=O)/C=C/c1ccc(OCc2cccnc2)cc1. The van der Waals surface area contributed by atoms with Gasteiger partial charge < -0.3 is 15.2 Å². The smallest absolute Gasteiger partial charge is 0.244 e. The van der Waals surface area contributed by atoms with Crippen molar-refractivity contribution in [3.05, 3.63) is 66.0 Å². The molecule has 24 heavy (non-hydrogen) atoms. The van der Waals surface area contributed by atoms with Gasteiger partial charge in [-0.2, -0.15) is 0 Å². The van der Waals surface area contributed by atoms with E-state index in [1.807, 2.05) is 36.4 Å². The fourth-order valence-corrected chi connectivity index (χ4v) is 1.91. The van der Waals surface area contributed by atoms with Crippen molar-refractivity contribution >= 4 is 12.0 Å². The molecular weight excluding hydrogens is 304 g/mol. The molecule has 0 aliphatic heterocycles. The highest BCUT2D eigenvalue weighted by molar-refractivity contribution is 5.92. The minimum absolute atomic E-state index is 0.116. The van der Waals surface area contributed by atoms with E-state index in [9.17, 15) is 4.79 Å². The van der Waals surface area contributed by atoms with Gasteiger partial charge in [0, 0.05) is 24.0 Å².